The fraction of sp³-hybridized carbons (Fsp3) is 0.625. The van der Waals surface area contributed by atoms with E-state index >= 15 is 0 Å². The first-order chi connectivity index (χ1) is 9.21. The molecule has 0 aliphatic rings. The summed E-state index contributed by atoms with van der Waals surface area (Å²) >= 11 is 0. The topological polar surface area (TPSA) is 41.3 Å². The number of nitrogens with zero attached hydrogens (tertiary/aromatic N) is 1. The van der Waals surface area contributed by atoms with Gasteiger partial charge in [0.1, 0.15) is 0 Å². The Hall–Kier alpha value is -1.22. The van der Waals surface area contributed by atoms with Gasteiger partial charge >= 0.3 is 0 Å². The van der Waals surface area contributed by atoms with E-state index in [1.165, 1.54) is 18.5 Å². The minimum atomic E-state index is 0.252. The predicted molar refractivity (Wildman–Crippen MR) is 86.0 cm³/mol. The van der Waals surface area contributed by atoms with E-state index in [2.05, 4.69) is 55.3 Å². The van der Waals surface area contributed by atoms with Crippen molar-refractivity contribution in [1.29, 1.82) is 0 Å². The van der Waals surface area contributed by atoms with E-state index in [1.54, 1.807) is 0 Å². The summed E-state index contributed by atoms with van der Waals surface area (Å²) < 4.78 is 0. The summed E-state index contributed by atoms with van der Waals surface area (Å²) in [5.74, 6) is 0. The quantitative estimate of drug-likeness (QED) is 0.717. The Morgan fingerprint density at radius 3 is 2.26 bits per heavy atom. The van der Waals surface area contributed by atoms with Crippen LogP contribution in [-0.2, 0) is 0 Å². The molecule has 108 valence electrons. The number of nitrogens with one attached hydrogen (secondary N) is 1. The number of benzene rings is 1. The molecule has 3 N–H and O–H groups in total. The molecule has 3 heteroatoms. The molecule has 19 heavy (non-hydrogen) atoms. The molecule has 0 radical (unpaired) electrons. The maximum atomic E-state index is 6.06. The second kappa shape index (κ2) is 8.81. The van der Waals surface area contributed by atoms with Crippen LogP contribution in [0.4, 0.5) is 11.4 Å². The molecule has 3 nitrogen and oxygen atoms in total. The lowest BCUT2D eigenvalue weighted by Gasteiger charge is -2.21. The molecule has 1 aromatic carbocycles. The highest BCUT2D eigenvalue weighted by Gasteiger charge is 2.03. The van der Waals surface area contributed by atoms with Crippen LogP contribution >= 0.6 is 0 Å². The first-order valence-electron chi connectivity index (χ1n) is 7.55. The van der Waals surface area contributed by atoms with Gasteiger partial charge in [0.25, 0.3) is 0 Å². The van der Waals surface area contributed by atoms with Crippen molar-refractivity contribution in [3.8, 4) is 0 Å². The zero-order valence-corrected chi connectivity index (χ0v) is 12.7. The van der Waals surface area contributed by atoms with Gasteiger partial charge in [0.2, 0.25) is 0 Å². The third kappa shape index (κ3) is 5.52. The van der Waals surface area contributed by atoms with Crippen molar-refractivity contribution in [2.24, 2.45) is 5.73 Å². The molecule has 0 amide bonds. The highest BCUT2D eigenvalue weighted by Crippen LogP contribution is 2.17. The van der Waals surface area contributed by atoms with Crippen LogP contribution in [0.2, 0.25) is 0 Å². The van der Waals surface area contributed by atoms with E-state index in [1.807, 2.05) is 0 Å². The van der Waals surface area contributed by atoms with Crippen molar-refractivity contribution in [3.05, 3.63) is 24.3 Å². The Bertz CT molecular complexity index is 330. The highest BCUT2D eigenvalue weighted by molar-refractivity contribution is 5.55. The van der Waals surface area contributed by atoms with Crippen LogP contribution in [0.1, 0.15) is 40.0 Å². The van der Waals surface area contributed by atoms with Crippen molar-refractivity contribution in [3.63, 3.8) is 0 Å². The molecule has 0 aromatic heterocycles. The molecule has 0 saturated heterocycles. The Morgan fingerprint density at radius 2 is 1.74 bits per heavy atom. The van der Waals surface area contributed by atoms with Crippen molar-refractivity contribution < 1.29 is 0 Å². The van der Waals surface area contributed by atoms with E-state index in [4.69, 9.17) is 5.73 Å². The molecule has 0 fully saturated rings. The fourth-order valence-corrected chi connectivity index (χ4v) is 2.20. The first-order valence-corrected chi connectivity index (χ1v) is 7.55. The lowest BCUT2D eigenvalue weighted by Crippen LogP contribution is -2.28. The van der Waals surface area contributed by atoms with Gasteiger partial charge in [0.15, 0.2) is 0 Å². The third-order valence-electron chi connectivity index (χ3n) is 3.49. The minimum absolute atomic E-state index is 0.252. The van der Waals surface area contributed by atoms with Crippen LogP contribution in [0.5, 0.6) is 0 Å². The van der Waals surface area contributed by atoms with E-state index < -0.39 is 0 Å². The number of hydrogen-bond donors (Lipinski definition) is 2. The second-order valence-corrected chi connectivity index (χ2v) is 5.00. The molecule has 1 rings (SSSR count). The summed E-state index contributed by atoms with van der Waals surface area (Å²) in [4.78, 5) is 2.34. The molecular formula is C16H29N3. The van der Waals surface area contributed by atoms with Crippen LogP contribution < -0.4 is 16.0 Å². The molecule has 0 saturated carbocycles. The second-order valence-electron chi connectivity index (χ2n) is 5.00. The molecule has 1 atom stereocenters. The van der Waals surface area contributed by atoms with Crippen LogP contribution in [0.15, 0.2) is 24.3 Å². The summed E-state index contributed by atoms with van der Waals surface area (Å²) in [6.45, 7) is 9.51. The van der Waals surface area contributed by atoms with Crippen LogP contribution in [0.3, 0.4) is 0 Å². The van der Waals surface area contributed by atoms with Crippen molar-refractivity contribution in [1.82, 2.24) is 0 Å². The van der Waals surface area contributed by atoms with Gasteiger partial charge in [0, 0.05) is 37.1 Å². The van der Waals surface area contributed by atoms with E-state index in [-0.39, 0.29) is 6.04 Å². The molecule has 1 unspecified atom stereocenters. The average Bonchev–Trinajstić information content (AvgIpc) is 2.45. The van der Waals surface area contributed by atoms with Crippen molar-refractivity contribution in [2.45, 2.75) is 46.1 Å². The van der Waals surface area contributed by atoms with Gasteiger partial charge in [-0.05, 0) is 44.5 Å². The molecule has 0 spiro atoms. The number of rotatable bonds is 9. The standard InChI is InChI=1S/C16H29N3/c1-4-7-8-14(17)13-18-15-9-11-16(12-10-15)19(5-2)6-3/h9-12,14,18H,4-8,13,17H2,1-3H3. The fourth-order valence-electron chi connectivity index (χ4n) is 2.20. The largest absolute Gasteiger partial charge is 0.383 e. The molecule has 0 aliphatic carbocycles. The Kier molecular flexibility index (Phi) is 7.34. The van der Waals surface area contributed by atoms with E-state index in [0.29, 0.717) is 0 Å². The van der Waals surface area contributed by atoms with Crippen molar-refractivity contribution in [2.75, 3.05) is 29.9 Å². The van der Waals surface area contributed by atoms with Crippen LogP contribution in [0.25, 0.3) is 0 Å². The SMILES string of the molecule is CCCCC(N)CNc1ccc(N(CC)CC)cc1. The summed E-state index contributed by atoms with van der Waals surface area (Å²) in [6.07, 6.45) is 3.52. The monoisotopic (exact) mass is 263 g/mol. The highest BCUT2D eigenvalue weighted by atomic mass is 15.1. The number of nitrogens with two attached hydrogens (primary N) is 1. The number of hydrogen-bond acceptors (Lipinski definition) is 3. The first kappa shape index (κ1) is 15.8. The lowest BCUT2D eigenvalue weighted by molar-refractivity contribution is 0.596. The van der Waals surface area contributed by atoms with Crippen LogP contribution in [0, 0.1) is 0 Å². The van der Waals surface area contributed by atoms with Gasteiger partial charge in [-0.25, -0.2) is 0 Å². The third-order valence-corrected chi connectivity index (χ3v) is 3.49. The summed E-state index contributed by atoms with van der Waals surface area (Å²) in [7, 11) is 0. The number of anilines is 2. The summed E-state index contributed by atoms with van der Waals surface area (Å²) in [6, 6.07) is 8.88. The van der Waals surface area contributed by atoms with Gasteiger partial charge in [-0.1, -0.05) is 19.8 Å². The smallest absolute Gasteiger partial charge is 0.0367 e. The van der Waals surface area contributed by atoms with Crippen LogP contribution in [-0.4, -0.2) is 25.7 Å². The molecule has 0 aliphatic heterocycles. The maximum Gasteiger partial charge on any atom is 0.0367 e. The summed E-state index contributed by atoms with van der Waals surface area (Å²) in [5, 5.41) is 3.41. The Morgan fingerprint density at radius 1 is 1.11 bits per heavy atom. The lowest BCUT2D eigenvalue weighted by atomic mass is 10.1. The normalized spacial score (nSPS) is 12.2. The molecule has 0 bridgehead atoms. The van der Waals surface area contributed by atoms with E-state index in [0.717, 1.165) is 31.7 Å². The average molecular weight is 263 g/mol. The zero-order chi connectivity index (χ0) is 14.1. The van der Waals surface area contributed by atoms with Gasteiger partial charge in [0.05, 0.1) is 0 Å². The zero-order valence-electron chi connectivity index (χ0n) is 12.7. The van der Waals surface area contributed by atoms with Gasteiger partial charge in [-0.15, -0.1) is 0 Å². The number of unbranched alkanes of at least 4 members (excludes halogenated alkanes) is 1. The molecular weight excluding hydrogens is 234 g/mol. The van der Waals surface area contributed by atoms with Crippen molar-refractivity contribution >= 4 is 11.4 Å². The predicted octanol–water partition coefficient (Wildman–Crippen LogP) is 3.46. The molecule has 1 aromatic rings. The maximum absolute atomic E-state index is 6.06. The van der Waals surface area contributed by atoms with E-state index in [9.17, 15) is 0 Å². The molecule has 0 heterocycles. The van der Waals surface area contributed by atoms with Gasteiger partial charge in [-0.3, -0.25) is 0 Å². The Labute approximate surface area is 118 Å². The summed E-state index contributed by atoms with van der Waals surface area (Å²) in [5.41, 5.74) is 8.50. The van der Waals surface area contributed by atoms with Gasteiger partial charge < -0.3 is 16.0 Å². The van der Waals surface area contributed by atoms with Gasteiger partial charge in [-0.2, -0.15) is 0 Å². The minimum Gasteiger partial charge on any atom is -0.383 e. The Balaban J connectivity index is 2.43.